The van der Waals surface area contributed by atoms with Gasteiger partial charge in [0.05, 0.1) is 24.6 Å². The van der Waals surface area contributed by atoms with Crippen LogP contribution in [0.2, 0.25) is 0 Å². The molecular weight excluding hydrogens is 524 g/mol. The van der Waals surface area contributed by atoms with Crippen molar-refractivity contribution < 1.29 is 14.3 Å². The highest BCUT2D eigenvalue weighted by Gasteiger charge is 2.32. The van der Waals surface area contributed by atoms with Crippen molar-refractivity contribution in [3.63, 3.8) is 0 Å². The molecule has 6 rings (SSSR count). The molecule has 2 atom stereocenters. The fraction of sp³-hybridized carbons (Fsp3) is 0.429. The predicted molar refractivity (Wildman–Crippen MR) is 167 cm³/mol. The number of fused-ring (bicyclic) bond motifs is 1. The van der Waals surface area contributed by atoms with Crippen LogP contribution in [0.3, 0.4) is 0 Å². The number of benzene rings is 2. The topological polar surface area (TPSA) is 59.3 Å². The van der Waals surface area contributed by atoms with Crippen molar-refractivity contribution in [3.05, 3.63) is 77.6 Å². The minimum absolute atomic E-state index is 0.0965. The summed E-state index contributed by atoms with van der Waals surface area (Å²) >= 11 is 0. The fourth-order valence-corrected chi connectivity index (χ4v) is 6.61. The molecule has 0 bridgehead atoms. The van der Waals surface area contributed by atoms with Gasteiger partial charge in [0.15, 0.2) is 0 Å². The smallest absolute Gasteiger partial charge is 0.225 e. The summed E-state index contributed by atoms with van der Waals surface area (Å²) in [5.74, 6) is 1.24. The van der Waals surface area contributed by atoms with E-state index in [0.717, 1.165) is 86.8 Å². The molecule has 0 unspecified atom stereocenters. The number of nitrogens with zero attached hydrogens (tertiary/aromatic N) is 4. The van der Waals surface area contributed by atoms with Crippen LogP contribution in [0.4, 0.5) is 0 Å². The quantitative estimate of drug-likeness (QED) is 0.269. The van der Waals surface area contributed by atoms with E-state index >= 15 is 0 Å². The molecule has 1 aliphatic carbocycles. The van der Waals surface area contributed by atoms with E-state index in [2.05, 4.69) is 76.7 Å². The van der Waals surface area contributed by atoms with Crippen LogP contribution in [0.5, 0.6) is 5.75 Å². The molecule has 7 heteroatoms. The Morgan fingerprint density at radius 2 is 1.69 bits per heavy atom. The van der Waals surface area contributed by atoms with E-state index in [0.29, 0.717) is 5.91 Å². The first-order valence-electron chi connectivity index (χ1n) is 15.2. The Morgan fingerprint density at radius 1 is 0.929 bits per heavy atom. The second-order valence-electron chi connectivity index (χ2n) is 11.9. The molecule has 0 radical (unpaired) electrons. The van der Waals surface area contributed by atoms with E-state index in [1.54, 1.807) is 14.2 Å². The lowest BCUT2D eigenvalue weighted by atomic mass is 9.86. The number of methoxy groups -OCH3 is 2. The van der Waals surface area contributed by atoms with Crippen molar-refractivity contribution in [1.82, 2.24) is 19.2 Å². The number of hydrogen-bond donors (Lipinski definition) is 0. The van der Waals surface area contributed by atoms with Gasteiger partial charge in [0, 0.05) is 57.5 Å². The largest absolute Gasteiger partial charge is 0.497 e. The zero-order valence-corrected chi connectivity index (χ0v) is 25.3. The Labute approximate surface area is 249 Å². The highest BCUT2D eigenvalue weighted by molar-refractivity contribution is 5.79. The number of amides is 1. The summed E-state index contributed by atoms with van der Waals surface area (Å²) in [5.41, 5.74) is 9.09. The third-order valence-corrected chi connectivity index (χ3v) is 9.15. The van der Waals surface area contributed by atoms with Crippen molar-refractivity contribution in [3.8, 4) is 28.1 Å². The van der Waals surface area contributed by atoms with Crippen molar-refractivity contribution in [2.45, 2.75) is 52.2 Å². The summed E-state index contributed by atoms with van der Waals surface area (Å²) in [6.07, 6.45) is 6.42. The Hall–Kier alpha value is -3.68. The van der Waals surface area contributed by atoms with E-state index in [-0.39, 0.29) is 12.0 Å². The molecule has 2 aromatic carbocycles. The molecule has 0 spiro atoms. The second kappa shape index (κ2) is 12.3. The number of pyridine rings is 1. The first-order valence-corrected chi connectivity index (χ1v) is 15.2. The first kappa shape index (κ1) is 28.4. The van der Waals surface area contributed by atoms with Crippen LogP contribution in [-0.2, 0) is 16.1 Å². The predicted octanol–water partition coefficient (Wildman–Crippen LogP) is 6.14. The molecule has 1 saturated carbocycles. The highest BCUT2D eigenvalue weighted by atomic mass is 16.5. The Morgan fingerprint density at radius 3 is 2.43 bits per heavy atom. The summed E-state index contributed by atoms with van der Waals surface area (Å²) in [5, 5.41) is 0. The van der Waals surface area contributed by atoms with Crippen LogP contribution in [0, 0.1) is 19.8 Å². The fourth-order valence-electron chi connectivity index (χ4n) is 6.61. The summed E-state index contributed by atoms with van der Waals surface area (Å²) in [6.45, 7) is 8.28. The van der Waals surface area contributed by atoms with Crippen LogP contribution >= 0.6 is 0 Å². The lowest BCUT2D eigenvalue weighted by Crippen LogP contribution is -2.50. The van der Waals surface area contributed by atoms with Gasteiger partial charge in [-0.15, -0.1) is 0 Å². The molecule has 1 aliphatic heterocycles. The van der Waals surface area contributed by atoms with E-state index in [1.807, 2.05) is 12.1 Å². The minimum atomic E-state index is 0.0965. The molecule has 2 aliphatic rings. The van der Waals surface area contributed by atoms with Gasteiger partial charge in [-0.05, 0) is 86.2 Å². The van der Waals surface area contributed by atoms with Crippen LogP contribution < -0.4 is 4.74 Å². The summed E-state index contributed by atoms with van der Waals surface area (Å²) in [4.78, 5) is 23.0. The van der Waals surface area contributed by atoms with Gasteiger partial charge in [-0.25, -0.2) is 4.98 Å². The highest BCUT2D eigenvalue weighted by Crippen LogP contribution is 2.32. The number of aryl methyl sites for hydroxylation is 2. The molecular formula is C35H42N4O3. The van der Waals surface area contributed by atoms with Crippen molar-refractivity contribution in [2.75, 3.05) is 40.4 Å². The van der Waals surface area contributed by atoms with E-state index in [1.165, 1.54) is 22.3 Å². The van der Waals surface area contributed by atoms with Gasteiger partial charge in [-0.2, -0.15) is 0 Å². The van der Waals surface area contributed by atoms with Gasteiger partial charge in [0.2, 0.25) is 5.91 Å². The zero-order valence-electron chi connectivity index (χ0n) is 25.3. The first-order chi connectivity index (χ1) is 20.4. The number of carbonyl (C=O) groups excluding carboxylic acids is 1. The molecule has 2 aromatic heterocycles. The Bertz CT molecular complexity index is 1550. The molecule has 42 heavy (non-hydrogen) atoms. The molecule has 0 N–H and O–H groups in total. The van der Waals surface area contributed by atoms with Crippen LogP contribution in [0.15, 0.2) is 60.8 Å². The van der Waals surface area contributed by atoms with Crippen LogP contribution in [0.25, 0.3) is 28.0 Å². The maximum absolute atomic E-state index is 13.4. The van der Waals surface area contributed by atoms with Gasteiger partial charge in [0.1, 0.15) is 11.4 Å². The minimum Gasteiger partial charge on any atom is -0.497 e. The van der Waals surface area contributed by atoms with Crippen molar-refractivity contribution >= 4 is 11.6 Å². The number of carbonyl (C=O) groups is 1. The Kier molecular flexibility index (Phi) is 8.31. The lowest BCUT2D eigenvalue weighted by molar-refractivity contribution is -0.140. The maximum Gasteiger partial charge on any atom is 0.225 e. The zero-order chi connectivity index (χ0) is 29.2. The number of piperazine rings is 1. The number of aromatic nitrogens is 2. The molecule has 1 saturated heterocycles. The molecule has 220 valence electrons. The molecule has 1 amide bonds. The van der Waals surface area contributed by atoms with E-state index in [9.17, 15) is 4.79 Å². The molecule has 7 nitrogen and oxygen atoms in total. The monoisotopic (exact) mass is 566 g/mol. The average molecular weight is 567 g/mol. The summed E-state index contributed by atoms with van der Waals surface area (Å²) < 4.78 is 13.3. The lowest BCUT2D eigenvalue weighted by Gasteiger charge is -2.38. The van der Waals surface area contributed by atoms with Gasteiger partial charge in [0.25, 0.3) is 0 Å². The third kappa shape index (κ3) is 5.81. The van der Waals surface area contributed by atoms with Crippen molar-refractivity contribution in [2.24, 2.45) is 5.92 Å². The molecule has 3 heterocycles. The number of hydrogen-bond acceptors (Lipinski definition) is 5. The van der Waals surface area contributed by atoms with Gasteiger partial charge >= 0.3 is 0 Å². The van der Waals surface area contributed by atoms with Crippen LogP contribution in [0.1, 0.15) is 42.5 Å². The summed E-state index contributed by atoms with van der Waals surface area (Å²) in [6, 6.07) is 19.1. The SMILES string of the molecule is COc1ccc(-c2nc3ccc(-c4cc(C)ccc4C)cn3c2CN2CCN(C(=O)[C@H]3CCC[C@@H](OC)C3)CC2)cc1. The second-order valence-corrected chi connectivity index (χ2v) is 11.9. The van der Waals surface area contributed by atoms with Gasteiger partial charge in [-0.3, -0.25) is 9.69 Å². The van der Waals surface area contributed by atoms with Crippen LogP contribution in [-0.4, -0.2) is 71.6 Å². The van der Waals surface area contributed by atoms with E-state index in [4.69, 9.17) is 14.5 Å². The maximum atomic E-state index is 13.4. The van der Waals surface area contributed by atoms with Gasteiger partial charge < -0.3 is 18.8 Å². The number of imidazole rings is 1. The molecule has 4 aromatic rings. The van der Waals surface area contributed by atoms with Crippen molar-refractivity contribution in [1.29, 1.82) is 0 Å². The Balaban J connectivity index is 1.28. The van der Waals surface area contributed by atoms with E-state index < -0.39 is 0 Å². The number of ether oxygens (including phenoxy) is 2. The normalized spacial score (nSPS) is 19.8. The van der Waals surface area contributed by atoms with Gasteiger partial charge in [-0.1, -0.05) is 30.2 Å². The third-order valence-electron chi connectivity index (χ3n) is 9.15. The number of rotatable bonds is 7. The molecule has 2 fully saturated rings. The average Bonchev–Trinajstić information content (AvgIpc) is 3.39. The standard InChI is InChI=1S/C35H42N4O3/c1-24-8-9-25(2)31(20-24)28-12-15-33-36-34(26-10-13-29(41-3)14-11-26)32(39(33)22-28)23-37-16-18-38(19-17-37)35(40)27-6-5-7-30(21-27)42-4/h8-15,20,22,27,30H,5-7,16-19,21,23H2,1-4H3/t27-,30+/m0/s1. The summed E-state index contributed by atoms with van der Waals surface area (Å²) in [7, 11) is 3.45.